The minimum absolute atomic E-state index is 0.166. The standard InChI is InChI=1S/C17H14FN3OS/c1-10-3-2-4-13(9-10)20-17-21-16(19)15(23-17)14(22)11-5-7-12(18)8-6-11/h2-9H,19H2,1H3,(H,20,21). The summed E-state index contributed by atoms with van der Waals surface area (Å²) in [5.41, 5.74) is 8.22. The van der Waals surface area contributed by atoms with E-state index in [0.29, 0.717) is 15.6 Å². The summed E-state index contributed by atoms with van der Waals surface area (Å²) in [4.78, 5) is 17.0. The molecule has 0 atom stereocenters. The predicted molar refractivity (Wildman–Crippen MR) is 90.8 cm³/mol. The second kappa shape index (κ2) is 6.18. The van der Waals surface area contributed by atoms with Gasteiger partial charge in [0.05, 0.1) is 0 Å². The third-order valence-electron chi connectivity index (χ3n) is 3.24. The van der Waals surface area contributed by atoms with Crippen molar-refractivity contribution in [3.8, 4) is 0 Å². The molecule has 0 aliphatic rings. The Morgan fingerprint density at radius 3 is 2.65 bits per heavy atom. The third kappa shape index (κ3) is 3.37. The summed E-state index contributed by atoms with van der Waals surface area (Å²) in [5.74, 6) is -0.489. The van der Waals surface area contributed by atoms with Crippen molar-refractivity contribution in [1.29, 1.82) is 0 Å². The van der Waals surface area contributed by atoms with Crippen molar-refractivity contribution in [1.82, 2.24) is 4.98 Å². The van der Waals surface area contributed by atoms with Crippen molar-refractivity contribution < 1.29 is 9.18 Å². The molecule has 3 N–H and O–H groups in total. The van der Waals surface area contributed by atoms with Crippen LogP contribution in [0.1, 0.15) is 20.8 Å². The number of benzene rings is 2. The van der Waals surface area contributed by atoms with Crippen molar-refractivity contribution in [2.45, 2.75) is 6.92 Å². The quantitative estimate of drug-likeness (QED) is 0.707. The smallest absolute Gasteiger partial charge is 0.206 e. The van der Waals surface area contributed by atoms with Gasteiger partial charge in [0.25, 0.3) is 0 Å². The maximum atomic E-state index is 13.0. The first-order chi connectivity index (χ1) is 11.0. The number of hydrogen-bond acceptors (Lipinski definition) is 5. The fourth-order valence-corrected chi connectivity index (χ4v) is 2.99. The Bertz CT molecular complexity index is 859. The number of ketones is 1. The van der Waals surface area contributed by atoms with E-state index < -0.39 is 0 Å². The van der Waals surface area contributed by atoms with E-state index in [0.717, 1.165) is 11.3 Å². The van der Waals surface area contributed by atoms with Crippen LogP contribution in [0.5, 0.6) is 0 Å². The number of hydrogen-bond donors (Lipinski definition) is 2. The van der Waals surface area contributed by atoms with Crippen LogP contribution in [0, 0.1) is 12.7 Å². The van der Waals surface area contributed by atoms with Crippen LogP contribution in [0.2, 0.25) is 0 Å². The molecule has 23 heavy (non-hydrogen) atoms. The molecule has 0 radical (unpaired) electrons. The molecule has 2 aromatic carbocycles. The molecule has 0 saturated heterocycles. The van der Waals surface area contributed by atoms with Crippen LogP contribution in [-0.2, 0) is 0 Å². The van der Waals surface area contributed by atoms with Gasteiger partial charge < -0.3 is 11.1 Å². The van der Waals surface area contributed by atoms with E-state index in [4.69, 9.17) is 5.73 Å². The van der Waals surface area contributed by atoms with Gasteiger partial charge >= 0.3 is 0 Å². The zero-order chi connectivity index (χ0) is 16.4. The normalized spacial score (nSPS) is 10.5. The number of nitrogens with zero attached hydrogens (tertiary/aromatic N) is 1. The van der Waals surface area contributed by atoms with Crippen LogP contribution in [0.25, 0.3) is 0 Å². The van der Waals surface area contributed by atoms with Gasteiger partial charge in [-0.15, -0.1) is 0 Å². The molecule has 0 aliphatic carbocycles. The highest BCUT2D eigenvalue weighted by atomic mass is 32.1. The van der Waals surface area contributed by atoms with Gasteiger partial charge in [-0.05, 0) is 48.9 Å². The Morgan fingerprint density at radius 1 is 1.22 bits per heavy atom. The van der Waals surface area contributed by atoms with Gasteiger partial charge in [-0.3, -0.25) is 4.79 Å². The zero-order valence-electron chi connectivity index (χ0n) is 12.3. The summed E-state index contributed by atoms with van der Waals surface area (Å²) in [6.45, 7) is 1.99. The van der Waals surface area contributed by atoms with Crippen molar-refractivity contribution in [3.05, 3.63) is 70.4 Å². The van der Waals surface area contributed by atoms with Crippen LogP contribution in [-0.4, -0.2) is 10.8 Å². The fourth-order valence-electron chi connectivity index (χ4n) is 2.13. The van der Waals surface area contributed by atoms with Crippen molar-refractivity contribution >= 4 is 33.8 Å². The van der Waals surface area contributed by atoms with Crippen molar-refractivity contribution in [2.75, 3.05) is 11.1 Å². The van der Waals surface area contributed by atoms with Crippen LogP contribution < -0.4 is 11.1 Å². The molecule has 0 spiro atoms. The summed E-state index contributed by atoms with van der Waals surface area (Å²) in [6, 6.07) is 13.2. The lowest BCUT2D eigenvalue weighted by molar-refractivity contribution is 0.104. The van der Waals surface area contributed by atoms with E-state index in [1.54, 1.807) is 0 Å². The molecule has 0 bridgehead atoms. The molecular weight excluding hydrogens is 313 g/mol. The maximum Gasteiger partial charge on any atom is 0.206 e. The number of carbonyl (C=O) groups excluding carboxylic acids is 1. The van der Waals surface area contributed by atoms with Gasteiger partial charge in [-0.1, -0.05) is 23.5 Å². The Kier molecular flexibility index (Phi) is 4.08. The molecule has 3 rings (SSSR count). The first-order valence-corrected chi connectivity index (χ1v) is 7.75. The average Bonchev–Trinajstić information content (AvgIpc) is 2.88. The molecule has 1 aromatic heterocycles. The lowest BCUT2D eigenvalue weighted by Crippen LogP contribution is -2.02. The zero-order valence-corrected chi connectivity index (χ0v) is 13.2. The highest BCUT2D eigenvalue weighted by Crippen LogP contribution is 2.29. The second-order valence-electron chi connectivity index (χ2n) is 5.06. The molecule has 0 aliphatic heterocycles. The van der Waals surface area contributed by atoms with Crippen molar-refractivity contribution in [2.24, 2.45) is 0 Å². The van der Waals surface area contributed by atoms with Gasteiger partial charge in [0.2, 0.25) is 5.78 Å². The molecule has 116 valence electrons. The molecule has 0 fully saturated rings. The number of nitrogens with one attached hydrogen (secondary N) is 1. The molecule has 0 unspecified atom stereocenters. The van der Waals surface area contributed by atoms with Gasteiger partial charge in [-0.25, -0.2) is 9.37 Å². The molecule has 1 heterocycles. The molecule has 0 saturated carbocycles. The Labute approximate surface area is 136 Å². The molecule has 0 amide bonds. The van der Waals surface area contributed by atoms with Gasteiger partial charge in [0.15, 0.2) is 5.13 Å². The third-order valence-corrected chi connectivity index (χ3v) is 4.22. The molecular formula is C17H14FN3OS. The van der Waals surface area contributed by atoms with Crippen molar-refractivity contribution in [3.63, 3.8) is 0 Å². The summed E-state index contributed by atoms with van der Waals surface area (Å²) < 4.78 is 13.0. The summed E-state index contributed by atoms with van der Waals surface area (Å²) in [7, 11) is 0. The lowest BCUT2D eigenvalue weighted by atomic mass is 10.1. The van der Waals surface area contributed by atoms with E-state index in [2.05, 4.69) is 10.3 Å². The number of thiazole rings is 1. The van der Waals surface area contributed by atoms with Crippen LogP contribution in [0.15, 0.2) is 48.5 Å². The van der Waals surface area contributed by atoms with Gasteiger partial charge in [-0.2, -0.15) is 0 Å². The number of nitrogens with two attached hydrogens (primary N) is 1. The van der Waals surface area contributed by atoms with E-state index in [-0.39, 0.29) is 17.4 Å². The number of nitrogen functional groups attached to an aromatic ring is 1. The van der Waals surface area contributed by atoms with Crippen LogP contribution in [0.3, 0.4) is 0 Å². The number of halogens is 1. The Morgan fingerprint density at radius 2 is 1.96 bits per heavy atom. The summed E-state index contributed by atoms with van der Waals surface area (Å²) in [5, 5.41) is 3.68. The lowest BCUT2D eigenvalue weighted by Gasteiger charge is -2.02. The summed E-state index contributed by atoms with van der Waals surface area (Å²) in [6.07, 6.45) is 0. The molecule has 6 heteroatoms. The number of aromatic nitrogens is 1. The van der Waals surface area contributed by atoms with Crippen LogP contribution in [0.4, 0.5) is 21.0 Å². The summed E-state index contributed by atoms with van der Waals surface area (Å²) >= 11 is 1.18. The highest BCUT2D eigenvalue weighted by molar-refractivity contribution is 7.18. The number of anilines is 3. The van der Waals surface area contributed by atoms with Crippen LogP contribution >= 0.6 is 11.3 Å². The molecule has 3 aromatic rings. The maximum absolute atomic E-state index is 13.0. The Hall–Kier alpha value is -2.73. The van der Waals surface area contributed by atoms with E-state index in [1.165, 1.54) is 35.6 Å². The first-order valence-electron chi connectivity index (χ1n) is 6.93. The number of rotatable bonds is 4. The highest BCUT2D eigenvalue weighted by Gasteiger charge is 2.18. The predicted octanol–water partition coefficient (Wildman–Crippen LogP) is 4.15. The monoisotopic (exact) mass is 327 g/mol. The SMILES string of the molecule is Cc1cccc(Nc2nc(N)c(C(=O)c3ccc(F)cc3)s2)c1. The van der Waals surface area contributed by atoms with E-state index >= 15 is 0 Å². The minimum Gasteiger partial charge on any atom is -0.382 e. The van der Waals surface area contributed by atoms with Gasteiger partial charge in [0, 0.05) is 11.3 Å². The number of carbonyl (C=O) groups is 1. The molecule has 4 nitrogen and oxygen atoms in total. The Balaban J connectivity index is 1.86. The largest absolute Gasteiger partial charge is 0.382 e. The van der Waals surface area contributed by atoms with E-state index in [1.807, 2.05) is 31.2 Å². The topological polar surface area (TPSA) is 68.0 Å². The fraction of sp³-hybridized carbons (Fsp3) is 0.0588. The first kappa shape index (κ1) is 15.2. The number of aryl methyl sites for hydroxylation is 1. The minimum atomic E-state index is -0.388. The second-order valence-corrected chi connectivity index (χ2v) is 6.06. The average molecular weight is 327 g/mol. The van der Waals surface area contributed by atoms with E-state index in [9.17, 15) is 9.18 Å². The van der Waals surface area contributed by atoms with Gasteiger partial charge in [0.1, 0.15) is 16.5 Å².